The minimum absolute atomic E-state index is 0.102. The van der Waals surface area contributed by atoms with E-state index in [0.717, 1.165) is 16.8 Å². The van der Waals surface area contributed by atoms with Crippen LogP contribution in [0.15, 0.2) is 59.8 Å². The third kappa shape index (κ3) is 2.17. The van der Waals surface area contributed by atoms with Crippen LogP contribution in [-0.4, -0.2) is 6.04 Å². The molecule has 15 heavy (non-hydrogen) atoms. The second-order valence-corrected chi connectivity index (χ2v) is 3.54. The molecule has 0 saturated carbocycles. The van der Waals surface area contributed by atoms with Crippen molar-refractivity contribution in [1.29, 1.82) is 0 Å². The number of benzene rings is 1. The highest BCUT2D eigenvalue weighted by molar-refractivity contribution is 5.62. The van der Waals surface area contributed by atoms with Crippen LogP contribution in [0.5, 0.6) is 0 Å². The van der Waals surface area contributed by atoms with Gasteiger partial charge in [-0.1, -0.05) is 42.5 Å². The van der Waals surface area contributed by atoms with Crippen molar-refractivity contribution in [2.75, 3.05) is 0 Å². The largest absolute Gasteiger partial charge is 0.398 e. The molecule has 0 aliphatic heterocycles. The highest BCUT2D eigenvalue weighted by Gasteiger charge is 2.11. The lowest BCUT2D eigenvalue weighted by Gasteiger charge is -2.16. The Kier molecular flexibility index (Phi) is 2.70. The number of rotatable bonds is 1. The van der Waals surface area contributed by atoms with Crippen LogP contribution in [0, 0.1) is 0 Å². The maximum atomic E-state index is 5.94. The van der Waals surface area contributed by atoms with Gasteiger partial charge in [0, 0.05) is 5.70 Å². The van der Waals surface area contributed by atoms with Crippen LogP contribution >= 0.6 is 0 Å². The van der Waals surface area contributed by atoms with E-state index in [2.05, 4.69) is 0 Å². The van der Waals surface area contributed by atoms with Crippen LogP contribution in [0.1, 0.15) is 5.56 Å². The second kappa shape index (κ2) is 4.15. The smallest absolute Gasteiger partial charge is 0.0504 e. The summed E-state index contributed by atoms with van der Waals surface area (Å²) in [6.45, 7) is 0. The van der Waals surface area contributed by atoms with Gasteiger partial charge in [0.1, 0.15) is 0 Å². The molecular weight excluding hydrogens is 184 g/mol. The number of hydrogen-bond acceptors (Lipinski definition) is 2. The molecule has 1 aromatic rings. The lowest BCUT2D eigenvalue weighted by molar-refractivity contribution is 0.947. The summed E-state index contributed by atoms with van der Waals surface area (Å²) in [6, 6.07) is 9.95. The Balaban J connectivity index is 2.35. The Hall–Kier alpha value is -1.80. The van der Waals surface area contributed by atoms with E-state index in [9.17, 15) is 0 Å². The first kappa shape index (κ1) is 9.74. The summed E-state index contributed by atoms with van der Waals surface area (Å²) in [6.07, 6.45) is 7.73. The molecule has 1 atom stereocenters. The van der Waals surface area contributed by atoms with Crippen molar-refractivity contribution in [3.05, 3.63) is 65.4 Å². The van der Waals surface area contributed by atoms with E-state index in [-0.39, 0.29) is 6.04 Å². The molecule has 0 radical (unpaired) electrons. The van der Waals surface area contributed by atoms with Crippen molar-refractivity contribution in [2.24, 2.45) is 11.5 Å². The molecule has 1 aliphatic carbocycles. The van der Waals surface area contributed by atoms with Gasteiger partial charge in [0.2, 0.25) is 0 Å². The Labute approximate surface area is 89.6 Å². The Morgan fingerprint density at radius 3 is 2.53 bits per heavy atom. The van der Waals surface area contributed by atoms with Gasteiger partial charge in [-0.2, -0.15) is 0 Å². The number of nitrogens with two attached hydrogens (primary N) is 2. The fourth-order valence-electron chi connectivity index (χ4n) is 1.58. The first-order valence-electron chi connectivity index (χ1n) is 4.94. The van der Waals surface area contributed by atoms with Crippen molar-refractivity contribution in [2.45, 2.75) is 6.04 Å². The third-order valence-electron chi connectivity index (χ3n) is 2.41. The standard InChI is InChI=1S/C13H14N2/c14-12-7-4-8-13(15)11(12)9-10-5-2-1-3-6-10/h1-9,12H,14-15H2. The van der Waals surface area contributed by atoms with Crippen LogP contribution < -0.4 is 11.5 Å². The van der Waals surface area contributed by atoms with Gasteiger partial charge in [-0.3, -0.25) is 0 Å². The molecule has 1 unspecified atom stereocenters. The predicted molar refractivity (Wildman–Crippen MR) is 63.8 cm³/mol. The fourth-order valence-corrected chi connectivity index (χ4v) is 1.58. The minimum Gasteiger partial charge on any atom is -0.398 e. The predicted octanol–water partition coefficient (Wildman–Crippen LogP) is 1.81. The summed E-state index contributed by atoms with van der Waals surface area (Å²) >= 11 is 0. The molecule has 0 spiro atoms. The van der Waals surface area contributed by atoms with E-state index in [1.54, 1.807) is 0 Å². The lowest BCUT2D eigenvalue weighted by atomic mass is 9.97. The topological polar surface area (TPSA) is 52.0 Å². The summed E-state index contributed by atoms with van der Waals surface area (Å²) in [5.41, 5.74) is 14.7. The molecular formula is C13H14N2. The highest BCUT2D eigenvalue weighted by atomic mass is 14.7. The molecule has 0 heterocycles. The van der Waals surface area contributed by atoms with Gasteiger partial charge in [0.15, 0.2) is 0 Å². The van der Waals surface area contributed by atoms with Gasteiger partial charge in [-0.15, -0.1) is 0 Å². The average Bonchev–Trinajstić information content (AvgIpc) is 2.25. The van der Waals surface area contributed by atoms with Crippen molar-refractivity contribution >= 4 is 6.08 Å². The molecule has 4 N–H and O–H groups in total. The fraction of sp³-hybridized carbons (Fsp3) is 0.0769. The van der Waals surface area contributed by atoms with E-state index in [1.165, 1.54) is 0 Å². The quantitative estimate of drug-likeness (QED) is 0.723. The molecule has 76 valence electrons. The molecule has 1 aliphatic rings. The lowest BCUT2D eigenvalue weighted by Crippen LogP contribution is -2.25. The normalized spacial score (nSPS) is 22.9. The molecule has 0 amide bonds. The van der Waals surface area contributed by atoms with Crippen molar-refractivity contribution < 1.29 is 0 Å². The summed E-state index contributed by atoms with van der Waals surface area (Å²) in [4.78, 5) is 0. The van der Waals surface area contributed by atoms with Gasteiger partial charge in [-0.05, 0) is 23.3 Å². The highest BCUT2D eigenvalue weighted by Crippen LogP contribution is 2.18. The molecule has 1 aromatic carbocycles. The maximum absolute atomic E-state index is 5.94. The number of allylic oxidation sites excluding steroid dienone is 2. The SMILES string of the molecule is NC1=CC=CC(N)C1=Cc1ccccc1. The first-order valence-corrected chi connectivity index (χ1v) is 4.94. The van der Waals surface area contributed by atoms with Crippen molar-refractivity contribution in [3.63, 3.8) is 0 Å². The summed E-state index contributed by atoms with van der Waals surface area (Å²) in [7, 11) is 0. The molecule has 0 bridgehead atoms. The zero-order chi connectivity index (χ0) is 10.7. The second-order valence-electron chi connectivity index (χ2n) is 3.54. The summed E-state index contributed by atoms with van der Waals surface area (Å²) in [5.74, 6) is 0. The molecule has 0 aromatic heterocycles. The third-order valence-corrected chi connectivity index (χ3v) is 2.41. The van der Waals surface area contributed by atoms with Crippen molar-refractivity contribution in [3.8, 4) is 0 Å². The van der Waals surface area contributed by atoms with Gasteiger partial charge in [-0.25, -0.2) is 0 Å². The summed E-state index contributed by atoms with van der Waals surface area (Å²) < 4.78 is 0. The zero-order valence-corrected chi connectivity index (χ0v) is 8.43. The Bertz CT molecular complexity index is 427. The van der Waals surface area contributed by atoms with Crippen molar-refractivity contribution in [1.82, 2.24) is 0 Å². The van der Waals surface area contributed by atoms with Gasteiger partial charge in [0.25, 0.3) is 0 Å². The van der Waals surface area contributed by atoms with Crippen LogP contribution in [0.25, 0.3) is 6.08 Å². The van der Waals surface area contributed by atoms with Gasteiger partial charge < -0.3 is 11.5 Å². The molecule has 0 saturated heterocycles. The average molecular weight is 198 g/mol. The first-order chi connectivity index (χ1) is 7.27. The van der Waals surface area contributed by atoms with E-state index in [0.29, 0.717) is 0 Å². The van der Waals surface area contributed by atoms with E-state index in [1.807, 2.05) is 54.6 Å². The number of hydrogen-bond donors (Lipinski definition) is 2. The zero-order valence-electron chi connectivity index (χ0n) is 8.43. The molecule has 0 fully saturated rings. The molecule has 2 rings (SSSR count). The van der Waals surface area contributed by atoms with E-state index >= 15 is 0 Å². The van der Waals surface area contributed by atoms with Crippen LogP contribution in [0.2, 0.25) is 0 Å². The molecule has 2 nitrogen and oxygen atoms in total. The van der Waals surface area contributed by atoms with Crippen LogP contribution in [-0.2, 0) is 0 Å². The van der Waals surface area contributed by atoms with E-state index < -0.39 is 0 Å². The van der Waals surface area contributed by atoms with Crippen LogP contribution in [0.4, 0.5) is 0 Å². The van der Waals surface area contributed by atoms with Gasteiger partial charge >= 0.3 is 0 Å². The molecule has 2 heteroatoms. The summed E-state index contributed by atoms with van der Waals surface area (Å²) in [5, 5.41) is 0. The maximum Gasteiger partial charge on any atom is 0.0504 e. The van der Waals surface area contributed by atoms with Crippen LogP contribution in [0.3, 0.4) is 0 Å². The Morgan fingerprint density at radius 2 is 1.87 bits per heavy atom. The monoisotopic (exact) mass is 198 g/mol. The van der Waals surface area contributed by atoms with E-state index in [4.69, 9.17) is 11.5 Å². The minimum atomic E-state index is -0.102. The van der Waals surface area contributed by atoms with Gasteiger partial charge in [0.05, 0.1) is 6.04 Å². The Morgan fingerprint density at radius 1 is 1.13 bits per heavy atom.